The molecular formula is C23H25F3N2O8S. The lowest BCUT2D eigenvalue weighted by Gasteiger charge is -2.28. The average molecular weight is 547 g/mol. The lowest BCUT2D eigenvalue weighted by Crippen LogP contribution is -2.42. The van der Waals surface area contributed by atoms with E-state index in [1.807, 2.05) is 0 Å². The first-order valence-corrected chi connectivity index (χ1v) is 12.8. The van der Waals surface area contributed by atoms with Gasteiger partial charge in [-0.3, -0.25) is 14.8 Å². The van der Waals surface area contributed by atoms with E-state index in [2.05, 4.69) is 4.74 Å². The van der Waals surface area contributed by atoms with Gasteiger partial charge in [0.2, 0.25) is 12.3 Å². The van der Waals surface area contributed by atoms with Gasteiger partial charge in [-0.25, -0.2) is 13.5 Å². The minimum Gasteiger partial charge on any atom is -0.457 e. The number of amides is 2. The molecule has 14 heteroatoms. The average Bonchev–Trinajstić information content (AvgIpc) is 2.87. The molecule has 1 atom stereocenters. The molecule has 1 saturated heterocycles. The summed E-state index contributed by atoms with van der Waals surface area (Å²) in [5.74, 6) is -0.871. The molecule has 202 valence electrons. The predicted molar refractivity (Wildman–Crippen MR) is 122 cm³/mol. The molecule has 2 aromatic carbocycles. The van der Waals surface area contributed by atoms with Gasteiger partial charge in [0.25, 0.3) is 0 Å². The van der Waals surface area contributed by atoms with Gasteiger partial charge in [0, 0.05) is 19.5 Å². The Balaban J connectivity index is 1.61. The van der Waals surface area contributed by atoms with Crippen LogP contribution in [-0.2, 0) is 24.2 Å². The molecule has 1 aliphatic heterocycles. The monoisotopic (exact) mass is 546 g/mol. The standard InChI is InChI=1S/C23H25F3N2O8S/c24-23(25,26)36-20-4-2-18(3-5-20)35-19-6-8-21(9-7-19)37(32,33)15-17(28(31)16-29)1-10-22(30)27-11-13-34-14-12-27/h2-9,16-17,31H,1,10-15H2. The van der Waals surface area contributed by atoms with Crippen LogP contribution in [0.3, 0.4) is 0 Å². The predicted octanol–water partition coefficient (Wildman–Crippen LogP) is 3.01. The molecule has 0 saturated carbocycles. The van der Waals surface area contributed by atoms with E-state index in [0.717, 1.165) is 12.1 Å². The zero-order chi connectivity index (χ0) is 27.1. The number of halogens is 3. The first-order valence-electron chi connectivity index (χ1n) is 11.1. The molecule has 1 heterocycles. The summed E-state index contributed by atoms with van der Waals surface area (Å²) in [7, 11) is -3.98. The fourth-order valence-corrected chi connectivity index (χ4v) is 5.12. The minimum absolute atomic E-state index is 0.0648. The Morgan fingerprint density at radius 2 is 1.59 bits per heavy atom. The summed E-state index contributed by atoms with van der Waals surface area (Å²) >= 11 is 0. The first kappa shape index (κ1) is 28.2. The number of morpholine rings is 1. The summed E-state index contributed by atoms with van der Waals surface area (Å²) in [4.78, 5) is 25.0. The highest BCUT2D eigenvalue weighted by Gasteiger charge is 2.31. The molecule has 2 amide bonds. The van der Waals surface area contributed by atoms with Gasteiger partial charge < -0.3 is 19.1 Å². The molecule has 0 aromatic heterocycles. The lowest BCUT2D eigenvalue weighted by atomic mass is 10.1. The summed E-state index contributed by atoms with van der Waals surface area (Å²) in [6.07, 6.45) is -4.87. The topological polar surface area (TPSA) is 123 Å². The van der Waals surface area contributed by atoms with Gasteiger partial charge in [-0.05, 0) is 55.0 Å². The van der Waals surface area contributed by atoms with E-state index in [9.17, 15) is 36.4 Å². The van der Waals surface area contributed by atoms with Gasteiger partial charge in [-0.15, -0.1) is 13.2 Å². The van der Waals surface area contributed by atoms with Crippen LogP contribution in [0.4, 0.5) is 13.2 Å². The van der Waals surface area contributed by atoms with E-state index >= 15 is 0 Å². The molecule has 0 radical (unpaired) electrons. The van der Waals surface area contributed by atoms with Gasteiger partial charge in [-0.1, -0.05) is 0 Å². The summed E-state index contributed by atoms with van der Waals surface area (Å²) in [5, 5.41) is 10.1. The van der Waals surface area contributed by atoms with Crippen molar-refractivity contribution in [2.45, 2.75) is 30.1 Å². The zero-order valence-electron chi connectivity index (χ0n) is 19.5. The van der Waals surface area contributed by atoms with Crippen molar-refractivity contribution >= 4 is 22.2 Å². The number of hydroxylamine groups is 2. The third kappa shape index (κ3) is 8.61. The molecule has 1 fully saturated rings. The van der Waals surface area contributed by atoms with E-state index in [1.54, 1.807) is 4.90 Å². The highest BCUT2D eigenvalue weighted by Crippen LogP contribution is 2.28. The smallest absolute Gasteiger partial charge is 0.457 e. The Kier molecular flexibility index (Phi) is 9.34. The maximum Gasteiger partial charge on any atom is 0.573 e. The largest absolute Gasteiger partial charge is 0.573 e. The van der Waals surface area contributed by atoms with E-state index in [-0.39, 0.29) is 46.6 Å². The highest BCUT2D eigenvalue weighted by molar-refractivity contribution is 7.91. The second-order valence-corrected chi connectivity index (χ2v) is 10.1. The van der Waals surface area contributed by atoms with Gasteiger partial charge in [0.1, 0.15) is 17.2 Å². The van der Waals surface area contributed by atoms with Crippen molar-refractivity contribution in [3.8, 4) is 17.2 Å². The fraction of sp³-hybridized carbons (Fsp3) is 0.391. The van der Waals surface area contributed by atoms with Crippen molar-refractivity contribution in [2.75, 3.05) is 32.1 Å². The molecule has 0 spiro atoms. The maximum atomic E-state index is 12.9. The lowest BCUT2D eigenvalue weighted by molar-refractivity contribution is -0.274. The van der Waals surface area contributed by atoms with Crippen molar-refractivity contribution in [1.29, 1.82) is 0 Å². The SMILES string of the molecule is O=CN(O)C(CCC(=O)N1CCOCC1)CS(=O)(=O)c1ccc(Oc2ccc(OC(F)(F)F)cc2)cc1. The Morgan fingerprint density at radius 1 is 1.05 bits per heavy atom. The Bertz CT molecular complexity index is 1150. The molecule has 1 aliphatic rings. The molecule has 2 aromatic rings. The number of carbonyl (C=O) groups excluding carboxylic acids is 2. The van der Waals surface area contributed by atoms with E-state index in [0.29, 0.717) is 26.3 Å². The van der Waals surface area contributed by atoms with Crippen molar-refractivity contribution < 1.29 is 50.6 Å². The summed E-state index contributed by atoms with van der Waals surface area (Å²) in [6.45, 7) is 1.64. The van der Waals surface area contributed by atoms with Crippen molar-refractivity contribution in [2.24, 2.45) is 0 Å². The minimum atomic E-state index is -4.82. The van der Waals surface area contributed by atoms with Crippen LogP contribution >= 0.6 is 0 Å². The number of benzene rings is 2. The number of ether oxygens (including phenoxy) is 3. The molecule has 3 rings (SSSR count). The number of carbonyl (C=O) groups is 2. The van der Waals surface area contributed by atoms with Gasteiger partial charge >= 0.3 is 6.36 Å². The summed E-state index contributed by atoms with van der Waals surface area (Å²) in [5.41, 5.74) is 0. The van der Waals surface area contributed by atoms with Crippen LogP contribution in [0.25, 0.3) is 0 Å². The fourth-order valence-electron chi connectivity index (χ4n) is 3.55. The van der Waals surface area contributed by atoms with Crippen LogP contribution < -0.4 is 9.47 Å². The van der Waals surface area contributed by atoms with Crippen molar-refractivity contribution in [3.63, 3.8) is 0 Å². The second kappa shape index (κ2) is 12.3. The molecule has 0 aliphatic carbocycles. The van der Waals surface area contributed by atoms with Crippen LogP contribution in [0.5, 0.6) is 17.2 Å². The Labute approximate surface area is 211 Å². The normalized spacial score (nSPS) is 15.1. The third-order valence-corrected chi connectivity index (χ3v) is 7.24. The van der Waals surface area contributed by atoms with Crippen LogP contribution in [0.2, 0.25) is 0 Å². The van der Waals surface area contributed by atoms with E-state index in [1.165, 1.54) is 36.4 Å². The Morgan fingerprint density at radius 3 is 2.14 bits per heavy atom. The zero-order valence-corrected chi connectivity index (χ0v) is 20.3. The van der Waals surface area contributed by atoms with Crippen LogP contribution in [-0.4, -0.2) is 80.4 Å². The number of rotatable bonds is 11. The summed E-state index contributed by atoms with van der Waals surface area (Å²) < 4.78 is 77.1. The Hall–Kier alpha value is -3.36. The highest BCUT2D eigenvalue weighted by atomic mass is 32.2. The van der Waals surface area contributed by atoms with Crippen LogP contribution in [0.15, 0.2) is 53.4 Å². The molecule has 1 unspecified atom stereocenters. The number of alkyl halides is 3. The van der Waals surface area contributed by atoms with Crippen molar-refractivity contribution in [1.82, 2.24) is 9.96 Å². The summed E-state index contributed by atoms with van der Waals surface area (Å²) in [6, 6.07) is 8.70. The van der Waals surface area contributed by atoms with Gasteiger partial charge in [0.05, 0.1) is 29.9 Å². The molecular weight excluding hydrogens is 521 g/mol. The van der Waals surface area contributed by atoms with E-state index < -0.39 is 33.7 Å². The van der Waals surface area contributed by atoms with Gasteiger partial charge in [0.15, 0.2) is 9.84 Å². The first-order chi connectivity index (χ1) is 17.5. The molecule has 37 heavy (non-hydrogen) atoms. The number of sulfone groups is 1. The number of hydrogen-bond acceptors (Lipinski definition) is 8. The molecule has 0 bridgehead atoms. The number of nitrogens with zero attached hydrogens (tertiary/aromatic N) is 2. The molecule has 1 N–H and O–H groups in total. The van der Waals surface area contributed by atoms with Crippen LogP contribution in [0.1, 0.15) is 12.8 Å². The molecule has 10 nitrogen and oxygen atoms in total. The van der Waals surface area contributed by atoms with Gasteiger partial charge in [-0.2, -0.15) is 0 Å². The van der Waals surface area contributed by atoms with Crippen LogP contribution in [0, 0.1) is 0 Å². The third-order valence-electron chi connectivity index (χ3n) is 5.42. The second-order valence-electron chi connectivity index (χ2n) is 8.05. The number of hydrogen-bond donors (Lipinski definition) is 1. The maximum absolute atomic E-state index is 12.9. The van der Waals surface area contributed by atoms with E-state index in [4.69, 9.17) is 9.47 Å². The van der Waals surface area contributed by atoms with Crippen molar-refractivity contribution in [3.05, 3.63) is 48.5 Å². The quantitative estimate of drug-likeness (QED) is 0.259.